The Hall–Kier alpha value is -1.26. The number of benzene rings is 1. The minimum atomic E-state index is -0.974. The van der Waals surface area contributed by atoms with Crippen molar-refractivity contribution < 1.29 is 14.7 Å². The third kappa shape index (κ3) is 2.69. The molecule has 2 rings (SSSR count). The van der Waals surface area contributed by atoms with Crippen LogP contribution in [-0.4, -0.2) is 34.5 Å². The summed E-state index contributed by atoms with van der Waals surface area (Å²) < 4.78 is 0. The molecule has 19 heavy (non-hydrogen) atoms. The van der Waals surface area contributed by atoms with Gasteiger partial charge in [0.05, 0.1) is 10.0 Å². The number of carbonyl (C=O) groups excluding carboxylic acids is 1. The first-order valence-corrected chi connectivity index (χ1v) is 6.66. The fraction of sp³-hybridized carbons (Fsp3) is 0.385. The first-order valence-electron chi connectivity index (χ1n) is 5.90. The highest BCUT2D eigenvalue weighted by atomic mass is 35.5. The highest BCUT2D eigenvalue weighted by molar-refractivity contribution is 6.42. The second-order valence-electron chi connectivity index (χ2n) is 4.68. The van der Waals surface area contributed by atoms with Crippen LogP contribution in [0.1, 0.15) is 23.7 Å². The number of hydrogen-bond donors (Lipinski definition) is 1. The van der Waals surface area contributed by atoms with Gasteiger partial charge >= 0.3 is 5.97 Å². The van der Waals surface area contributed by atoms with Gasteiger partial charge in [-0.25, -0.2) is 4.79 Å². The van der Waals surface area contributed by atoms with Crippen LogP contribution >= 0.6 is 23.2 Å². The monoisotopic (exact) mass is 301 g/mol. The lowest BCUT2D eigenvalue weighted by atomic mass is 10.0. The molecule has 1 aliphatic rings. The molecule has 1 N–H and O–H groups in total. The summed E-state index contributed by atoms with van der Waals surface area (Å²) in [6.45, 7) is 2.28. The number of amides is 1. The zero-order chi connectivity index (χ0) is 14.2. The zero-order valence-electron chi connectivity index (χ0n) is 10.3. The van der Waals surface area contributed by atoms with Crippen LogP contribution in [0.2, 0.25) is 10.0 Å². The SMILES string of the molecule is CC1CCN(C(=O)c2ccc(Cl)c(Cl)c2)C1C(=O)O. The predicted molar refractivity (Wildman–Crippen MR) is 72.7 cm³/mol. The van der Waals surface area contributed by atoms with Crippen LogP contribution in [0.4, 0.5) is 0 Å². The van der Waals surface area contributed by atoms with Crippen molar-refractivity contribution in [1.82, 2.24) is 4.90 Å². The van der Waals surface area contributed by atoms with Gasteiger partial charge in [0, 0.05) is 12.1 Å². The molecular formula is C13H13Cl2NO3. The molecule has 0 bridgehead atoms. The third-order valence-corrected chi connectivity index (χ3v) is 4.12. The van der Waals surface area contributed by atoms with E-state index in [-0.39, 0.29) is 16.8 Å². The molecular weight excluding hydrogens is 289 g/mol. The van der Waals surface area contributed by atoms with Gasteiger partial charge in [0.2, 0.25) is 0 Å². The van der Waals surface area contributed by atoms with E-state index in [1.807, 2.05) is 6.92 Å². The van der Waals surface area contributed by atoms with Gasteiger partial charge in [0.15, 0.2) is 0 Å². The molecule has 0 aliphatic carbocycles. The summed E-state index contributed by atoms with van der Waals surface area (Å²) in [7, 11) is 0. The van der Waals surface area contributed by atoms with E-state index in [0.717, 1.165) is 0 Å². The summed E-state index contributed by atoms with van der Waals surface area (Å²) in [5, 5.41) is 9.86. The van der Waals surface area contributed by atoms with Crippen molar-refractivity contribution in [3.8, 4) is 0 Å². The molecule has 0 saturated carbocycles. The quantitative estimate of drug-likeness (QED) is 0.914. The van der Waals surface area contributed by atoms with Gasteiger partial charge in [0.1, 0.15) is 6.04 Å². The molecule has 102 valence electrons. The molecule has 1 aliphatic heterocycles. The first kappa shape index (κ1) is 14.2. The Morgan fingerprint density at radius 2 is 2.00 bits per heavy atom. The minimum Gasteiger partial charge on any atom is -0.480 e. The lowest BCUT2D eigenvalue weighted by Gasteiger charge is -2.23. The van der Waals surface area contributed by atoms with Crippen molar-refractivity contribution in [2.75, 3.05) is 6.54 Å². The number of nitrogens with zero attached hydrogens (tertiary/aromatic N) is 1. The second-order valence-corrected chi connectivity index (χ2v) is 5.49. The Balaban J connectivity index is 2.28. The molecule has 1 heterocycles. The molecule has 2 unspecified atom stereocenters. The van der Waals surface area contributed by atoms with Crippen molar-refractivity contribution in [3.63, 3.8) is 0 Å². The average molecular weight is 302 g/mol. The highest BCUT2D eigenvalue weighted by Crippen LogP contribution is 2.28. The van der Waals surface area contributed by atoms with E-state index >= 15 is 0 Å². The molecule has 0 radical (unpaired) electrons. The third-order valence-electron chi connectivity index (χ3n) is 3.38. The number of likely N-dealkylation sites (tertiary alicyclic amines) is 1. The van der Waals surface area contributed by atoms with Crippen LogP contribution in [0.25, 0.3) is 0 Å². The van der Waals surface area contributed by atoms with Crippen LogP contribution in [-0.2, 0) is 4.79 Å². The molecule has 6 heteroatoms. The minimum absolute atomic E-state index is 0.0516. The molecule has 1 amide bonds. The van der Waals surface area contributed by atoms with Gasteiger partial charge in [-0.1, -0.05) is 30.1 Å². The van der Waals surface area contributed by atoms with Crippen molar-refractivity contribution in [1.29, 1.82) is 0 Å². The lowest BCUT2D eigenvalue weighted by molar-refractivity contribution is -0.142. The largest absolute Gasteiger partial charge is 0.480 e. The highest BCUT2D eigenvalue weighted by Gasteiger charge is 2.39. The van der Waals surface area contributed by atoms with Crippen LogP contribution in [0.15, 0.2) is 18.2 Å². The number of carboxylic acids is 1. The van der Waals surface area contributed by atoms with E-state index in [2.05, 4.69) is 0 Å². The van der Waals surface area contributed by atoms with Gasteiger partial charge in [-0.15, -0.1) is 0 Å². The number of hydrogen-bond acceptors (Lipinski definition) is 2. The molecule has 1 saturated heterocycles. The number of rotatable bonds is 2. The maximum atomic E-state index is 12.3. The number of halogens is 2. The molecule has 1 aromatic rings. The average Bonchev–Trinajstić information content (AvgIpc) is 2.74. The number of aliphatic carboxylic acids is 1. The van der Waals surface area contributed by atoms with Crippen LogP contribution in [0.5, 0.6) is 0 Å². The fourth-order valence-corrected chi connectivity index (χ4v) is 2.64. The number of carboxylic acid groups (broad SMARTS) is 1. The van der Waals surface area contributed by atoms with E-state index < -0.39 is 12.0 Å². The Morgan fingerprint density at radius 3 is 2.58 bits per heavy atom. The summed E-state index contributed by atoms with van der Waals surface area (Å²) in [6, 6.07) is 3.78. The molecule has 0 spiro atoms. The maximum absolute atomic E-state index is 12.3. The van der Waals surface area contributed by atoms with E-state index in [0.29, 0.717) is 23.6 Å². The van der Waals surface area contributed by atoms with Crippen molar-refractivity contribution in [3.05, 3.63) is 33.8 Å². The standard InChI is InChI=1S/C13H13Cl2NO3/c1-7-4-5-16(11(7)13(18)19)12(17)8-2-3-9(14)10(15)6-8/h2-3,6-7,11H,4-5H2,1H3,(H,18,19). The summed E-state index contributed by atoms with van der Waals surface area (Å²) in [4.78, 5) is 25.0. The van der Waals surface area contributed by atoms with Gasteiger partial charge in [-0.2, -0.15) is 0 Å². The molecule has 2 atom stereocenters. The molecule has 4 nitrogen and oxygen atoms in total. The van der Waals surface area contributed by atoms with E-state index in [9.17, 15) is 14.7 Å². The first-order chi connectivity index (χ1) is 8.91. The van der Waals surface area contributed by atoms with E-state index in [1.54, 1.807) is 6.07 Å². The summed E-state index contributed by atoms with van der Waals surface area (Å²) in [5.74, 6) is -1.35. The van der Waals surface area contributed by atoms with Gasteiger partial charge in [0.25, 0.3) is 5.91 Å². The Morgan fingerprint density at radius 1 is 1.32 bits per heavy atom. The molecule has 1 aromatic carbocycles. The Labute approximate surface area is 120 Å². The van der Waals surface area contributed by atoms with Crippen LogP contribution in [0, 0.1) is 5.92 Å². The van der Waals surface area contributed by atoms with E-state index in [4.69, 9.17) is 23.2 Å². The van der Waals surface area contributed by atoms with Crippen LogP contribution < -0.4 is 0 Å². The topological polar surface area (TPSA) is 57.6 Å². The van der Waals surface area contributed by atoms with Gasteiger partial charge in [-0.05, 0) is 30.5 Å². The smallest absolute Gasteiger partial charge is 0.326 e. The summed E-state index contributed by atoms with van der Waals surface area (Å²) in [5.41, 5.74) is 0.356. The molecule has 1 fully saturated rings. The Kier molecular flexibility index (Phi) is 4.02. The fourth-order valence-electron chi connectivity index (χ4n) is 2.35. The van der Waals surface area contributed by atoms with Gasteiger partial charge < -0.3 is 10.0 Å². The maximum Gasteiger partial charge on any atom is 0.326 e. The summed E-state index contributed by atoms with van der Waals surface area (Å²) in [6.07, 6.45) is 0.685. The van der Waals surface area contributed by atoms with Crippen LogP contribution in [0.3, 0.4) is 0 Å². The summed E-state index contributed by atoms with van der Waals surface area (Å²) >= 11 is 11.7. The number of carbonyl (C=O) groups is 2. The van der Waals surface area contributed by atoms with E-state index in [1.165, 1.54) is 17.0 Å². The normalized spacial score (nSPS) is 22.6. The van der Waals surface area contributed by atoms with Crippen molar-refractivity contribution in [2.24, 2.45) is 5.92 Å². The van der Waals surface area contributed by atoms with Gasteiger partial charge in [-0.3, -0.25) is 4.79 Å². The lowest BCUT2D eigenvalue weighted by Crippen LogP contribution is -2.42. The second kappa shape index (κ2) is 5.39. The van der Waals surface area contributed by atoms with Crippen molar-refractivity contribution >= 4 is 35.1 Å². The zero-order valence-corrected chi connectivity index (χ0v) is 11.8. The predicted octanol–water partition coefficient (Wildman–Crippen LogP) is 2.93. The molecule has 0 aromatic heterocycles. The Bertz CT molecular complexity index is 533. The van der Waals surface area contributed by atoms with Crippen molar-refractivity contribution in [2.45, 2.75) is 19.4 Å².